The van der Waals surface area contributed by atoms with Crippen LogP contribution in [-0.4, -0.2) is 39.7 Å². The molecule has 1 fully saturated rings. The zero-order valence-corrected chi connectivity index (χ0v) is 18.0. The summed E-state index contributed by atoms with van der Waals surface area (Å²) in [4.78, 5) is 29.1. The molecule has 2 amide bonds. The standard InChI is InChI=1S/C23H24N4O3S/c1-27-14-20(25-15-27)22(28)24-13-17-11-12-31-21(23(29)26-17)16-7-9-19(10-8-16)30-18-5-3-2-4-6-18/h2-10,14-15,17,21H,11-13H2,1H3,(H,24,28)(H,26,29)/t17-,21+/m0/s1. The number of carbonyl (C=O) groups excluding carboxylic acids is 2. The quantitative estimate of drug-likeness (QED) is 0.619. The Labute approximate surface area is 185 Å². The normalized spacial score (nSPS) is 18.7. The summed E-state index contributed by atoms with van der Waals surface area (Å²) in [5, 5.41) is 5.63. The van der Waals surface area contributed by atoms with Gasteiger partial charge in [0.2, 0.25) is 5.91 Å². The maximum absolute atomic E-state index is 12.8. The fourth-order valence-corrected chi connectivity index (χ4v) is 4.55. The SMILES string of the molecule is Cn1cnc(C(=O)NC[C@@H]2CCS[C@H](c3ccc(Oc4ccccc4)cc3)C(=O)N2)c1. The topological polar surface area (TPSA) is 85.2 Å². The van der Waals surface area contributed by atoms with Crippen LogP contribution < -0.4 is 15.4 Å². The summed E-state index contributed by atoms with van der Waals surface area (Å²) in [6, 6.07) is 17.1. The molecule has 2 heterocycles. The van der Waals surface area contributed by atoms with Crippen molar-refractivity contribution in [2.75, 3.05) is 12.3 Å². The van der Waals surface area contributed by atoms with Crippen LogP contribution in [0, 0.1) is 0 Å². The number of carbonyl (C=O) groups is 2. The first kappa shape index (κ1) is 21.0. The van der Waals surface area contributed by atoms with Gasteiger partial charge in [0.15, 0.2) is 0 Å². The van der Waals surface area contributed by atoms with Gasteiger partial charge in [0.1, 0.15) is 22.4 Å². The van der Waals surface area contributed by atoms with Crippen LogP contribution in [0.25, 0.3) is 0 Å². The van der Waals surface area contributed by atoms with E-state index < -0.39 is 0 Å². The highest BCUT2D eigenvalue weighted by molar-refractivity contribution is 8.00. The second-order valence-corrected chi connectivity index (χ2v) is 8.58. The second kappa shape index (κ2) is 9.70. The van der Waals surface area contributed by atoms with E-state index in [0.29, 0.717) is 12.2 Å². The van der Waals surface area contributed by atoms with E-state index in [1.807, 2.05) is 61.6 Å². The van der Waals surface area contributed by atoms with E-state index in [-0.39, 0.29) is 23.1 Å². The van der Waals surface area contributed by atoms with Gasteiger partial charge in [-0.3, -0.25) is 9.59 Å². The minimum atomic E-state index is -0.290. The lowest BCUT2D eigenvalue weighted by atomic mass is 10.1. The molecular formula is C23H24N4O3S. The summed E-state index contributed by atoms with van der Waals surface area (Å²) in [5.74, 6) is 2.03. The van der Waals surface area contributed by atoms with E-state index in [1.54, 1.807) is 28.9 Å². The van der Waals surface area contributed by atoms with Crippen LogP contribution >= 0.6 is 11.8 Å². The van der Waals surface area contributed by atoms with E-state index in [4.69, 9.17) is 4.74 Å². The van der Waals surface area contributed by atoms with Gasteiger partial charge in [-0.15, -0.1) is 11.8 Å². The van der Waals surface area contributed by atoms with Crippen molar-refractivity contribution in [2.24, 2.45) is 7.05 Å². The highest BCUT2D eigenvalue weighted by Gasteiger charge is 2.27. The molecule has 0 unspecified atom stereocenters. The van der Waals surface area contributed by atoms with Crippen molar-refractivity contribution >= 4 is 23.6 Å². The Hall–Kier alpha value is -3.26. The van der Waals surface area contributed by atoms with E-state index in [9.17, 15) is 9.59 Å². The predicted molar refractivity (Wildman–Crippen MR) is 120 cm³/mol. The first-order chi connectivity index (χ1) is 15.1. The third-order valence-electron chi connectivity index (χ3n) is 4.94. The Morgan fingerprint density at radius 3 is 2.65 bits per heavy atom. The minimum Gasteiger partial charge on any atom is -0.457 e. The smallest absolute Gasteiger partial charge is 0.271 e. The van der Waals surface area contributed by atoms with Crippen LogP contribution in [0.5, 0.6) is 11.5 Å². The number of para-hydroxylation sites is 1. The van der Waals surface area contributed by atoms with Gasteiger partial charge < -0.3 is 19.9 Å². The Morgan fingerprint density at radius 2 is 1.94 bits per heavy atom. The lowest BCUT2D eigenvalue weighted by Crippen LogP contribution is -2.43. The summed E-state index contributed by atoms with van der Waals surface area (Å²) in [7, 11) is 1.81. The fourth-order valence-electron chi connectivity index (χ4n) is 3.33. The molecular weight excluding hydrogens is 412 g/mol. The number of amides is 2. The monoisotopic (exact) mass is 436 g/mol. The minimum absolute atomic E-state index is 0.0451. The summed E-state index contributed by atoms with van der Waals surface area (Å²) < 4.78 is 7.55. The average molecular weight is 437 g/mol. The molecule has 3 aromatic rings. The molecule has 1 aliphatic rings. The molecule has 7 nitrogen and oxygen atoms in total. The lowest BCUT2D eigenvalue weighted by molar-refractivity contribution is -0.121. The summed E-state index contributed by atoms with van der Waals surface area (Å²) in [6.45, 7) is 0.373. The number of rotatable bonds is 6. The predicted octanol–water partition coefficient (Wildman–Crippen LogP) is 3.31. The molecule has 0 saturated carbocycles. The molecule has 2 atom stereocenters. The molecule has 0 spiro atoms. The van der Waals surface area contributed by atoms with E-state index in [1.165, 1.54) is 0 Å². The lowest BCUT2D eigenvalue weighted by Gasteiger charge is -2.18. The van der Waals surface area contributed by atoms with E-state index in [0.717, 1.165) is 29.2 Å². The van der Waals surface area contributed by atoms with Gasteiger partial charge >= 0.3 is 0 Å². The van der Waals surface area contributed by atoms with Crippen LogP contribution in [0.2, 0.25) is 0 Å². The Morgan fingerprint density at radius 1 is 1.19 bits per heavy atom. The van der Waals surface area contributed by atoms with Crippen molar-refractivity contribution in [3.05, 3.63) is 78.4 Å². The third-order valence-corrected chi connectivity index (χ3v) is 6.23. The number of hydrogen-bond acceptors (Lipinski definition) is 5. The number of nitrogens with zero attached hydrogens (tertiary/aromatic N) is 2. The van der Waals surface area contributed by atoms with Gasteiger partial charge in [-0.2, -0.15) is 0 Å². The van der Waals surface area contributed by atoms with Gasteiger partial charge in [0.25, 0.3) is 5.91 Å². The molecule has 1 aromatic heterocycles. The number of imidazole rings is 1. The number of aromatic nitrogens is 2. The zero-order chi connectivity index (χ0) is 21.6. The first-order valence-corrected chi connectivity index (χ1v) is 11.1. The third kappa shape index (κ3) is 5.46. The van der Waals surface area contributed by atoms with Crippen molar-refractivity contribution in [1.82, 2.24) is 20.2 Å². The molecule has 0 bridgehead atoms. The number of thioether (sulfide) groups is 1. The molecule has 1 aliphatic heterocycles. The van der Waals surface area contributed by atoms with Crippen molar-refractivity contribution in [2.45, 2.75) is 17.7 Å². The van der Waals surface area contributed by atoms with Gasteiger partial charge in [0.05, 0.1) is 6.33 Å². The van der Waals surface area contributed by atoms with Crippen LogP contribution in [0.1, 0.15) is 27.7 Å². The summed E-state index contributed by atoms with van der Waals surface area (Å²) in [5.41, 5.74) is 1.30. The molecule has 8 heteroatoms. The molecule has 31 heavy (non-hydrogen) atoms. The van der Waals surface area contributed by atoms with Crippen molar-refractivity contribution < 1.29 is 14.3 Å². The molecule has 0 radical (unpaired) electrons. The Bertz CT molecular complexity index is 1040. The summed E-state index contributed by atoms with van der Waals surface area (Å²) >= 11 is 1.61. The molecule has 0 aliphatic carbocycles. The van der Waals surface area contributed by atoms with Gasteiger partial charge in [-0.05, 0) is 42.0 Å². The van der Waals surface area contributed by atoms with Crippen molar-refractivity contribution in [3.63, 3.8) is 0 Å². The van der Waals surface area contributed by atoms with Crippen LogP contribution in [0.15, 0.2) is 67.1 Å². The maximum Gasteiger partial charge on any atom is 0.271 e. The van der Waals surface area contributed by atoms with Gasteiger partial charge in [-0.25, -0.2) is 4.98 Å². The molecule has 4 rings (SSSR count). The van der Waals surface area contributed by atoms with Crippen LogP contribution in [0.3, 0.4) is 0 Å². The van der Waals surface area contributed by atoms with Crippen molar-refractivity contribution in [1.29, 1.82) is 0 Å². The Kier molecular flexibility index (Phi) is 6.57. The van der Waals surface area contributed by atoms with Crippen LogP contribution in [-0.2, 0) is 11.8 Å². The maximum atomic E-state index is 12.8. The Balaban J connectivity index is 1.33. The van der Waals surface area contributed by atoms with Gasteiger partial charge in [-0.1, -0.05) is 30.3 Å². The number of ether oxygens (including phenoxy) is 1. The van der Waals surface area contributed by atoms with Crippen LogP contribution in [0.4, 0.5) is 0 Å². The largest absolute Gasteiger partial charge is 0.457 e. The highest BCUT2D eigenvalue weighted by atomic mass is 32.2. The first-order valence-electron chi connectivity index (χ1n) is 10.1. The molecule has 160 valence electrons. The average Bonchev–Trinajstić information content (AvgIpc) is 3.13. The number of aryl methyl sites for hydroxylation is 1. The molecule has 1 saturated heterocycles. The number of nitrogens with one attached hydrogen (secondary N) is 2. The van der Waals surface area contributed by atoms with Gasteiger partial charge in [0, 0.05) is 25.8 Å². The zero-order valence-electron chi connectivity index (χ0n) is 17.2. The van der Waals surface area contributed by atoms with E-state index in [2.05, 4.69) is 15.6 Å². The summed E-state index contributed by atoms with van der Waals surface area (Å²) in [6.07, 6.45) is 4.03. The highest BCUT2D eigenvalue weighted by Crippen LogP contribution is 2.33. The number of hydrogen-bond donors (Lipinski definition) is 2. The fraction of sp³-hybridized carbons (Fsp3) is 0.261. The van der Waals surface area contributed by atoms with E-state index >= 15 is 0 Å². The molecule has 2 aromatic carbocycles. The number of benzene rings is 2. The van der Waals surface area contributed by atoms with Crippen molar-refractivity contribution in [3.8, 4) is 11.5 Å². The molecule has 2 N–H and O–H groups in total. The second-order valence-electron chi connectivity index (χ2n) is 7.36.